The predicted octanol–water partition coefficient (Wildman–Crippen LogP) is 6.93. The second-order valence-corrected chi connectivity index (χ2v) is 8.93. The van der Waals surface area contributed by atoms with Crippen molar-refractivity contribution in [1.82, 2.24) is 4.90 Å². The quantitative estimate of drug-likeness (QED) is 0.307. The molecule has 1 aliphatic rings. The third-order valence-corrected chi connectivity index (χ3v) is 7.03. The SMILES string of the molecule is c1ccc(CC2CCN(C(c3ccccc3)(c3ccccc3)c3ccccc3)CC2)cc1. The lowest BCUT2D eigenvalue weighted by Crippen LogP contribution is -2.51. The Labute approximate surface area is 192 Å². The summed E-state index contributed by atoms with van der Waals surface area (Å²) in [5.41, 5.74) is 5.23. The first-order chi connectivity index (χ1) is 15.9. The van der Waals surface area contributed by atoms with Crippen molar-refractivity contribution >= 4 is 0 Å². The summed E-state index contributed by atoms with van der Waals surface area (Å²) in [6.45, 7) is 2.19. The molecule has 1 heteroatoms. The molecule has 1 nitrogen and oxygen atoms in total. The first kappa shape index (κ1) is 20.7. The van der Waals surface area contributed by atoms with Crippen LogP contribution in [0.3, 0.4) is 0 Å². The maximum absolute atomic E-state index is 2.73. The van der Waals surface area contributed by atoms with Gasteiger partial charge in [-0.3, -0.25) is 4.90 Å². The second kappa shape index (κ2) is 9.54. The number of nitrogens with zero attached hydrogens (tertiary/aromatic N) is 1. The Morgan fingerprint density at radius 1 is 0.531 bits per heavy atom. The Morgan fingerprint density at radius 2 is 0.906 bits per heavy atom. The Balaban J connectivity index is 1.54. The van der Waals surface area contributed by atoms with Crippen LogP contribution in [0, 0.1) is 5.92 Å². The lowest BCUT2D eigenvalue weighted by molar-refractivity contribution is 0.102. The minimum absolute atomic E-state index is 0.276. The van der Waals surface area contributed by atoms with Crippen molar-refractivity contribution < 1.29 is 0 Å². The van der Waals surface area contributed by atoms with E-state index in [2.05, 4.69) is 126 Å². The zero-order valence-electron chi connectivity index (χ0n) is 18.6. The fourth-order valence-corrected chi connectivity index (χ4v) is 5.51. The fourth-order valence-electron chi connectivity index (χ4n) is 5.51. The molecule has 0 atom stereocenters. The summed E-state index contributed by atoms with van der Waals surface area (Å²) in [5.74, 6) is 0.744. The van der Waals surface area contributed by atoms with Crippen molar-refractivity contribution in [3.05, 3.63) is 144 Å². The van der Waals surface area contributed by atoms with Crippen LogP contribution in [-0.4, -0.2) is 18.0 Å². The summed E-state index contributed by atoms with van der Waals surface area (Å²) in [6.07, 6.45) is 3.63. The molecular weight excluding hydrogens is 386 g/mol. The van der Waals surface area contributed by atoms with Gasteiger partial charge in [-0.2, -0.15) is 0 Å². The van der Waals surface area contributed by atoms with Crippen molar-refractivity contribution in [2.75, 3.05) is 13.1 Å². The predicted molar refractivity (Wildman–Crippen MR) is 134 cm³/mol. The van der Waals surface area contributed by atoms with Crippen LogP contribution in [0.1, 0.15) is 35.1 Å². The van der Waals surface area contributed by atoms with Crippen LogP contribution in [0.2, 0.25) is 0 Å². The third-order valence-electron chi connectivity index (χ3n) is 7.03. The van der Waals surface area contributed by atoms with E-state index in [1.165, 1.54) is 41.5 Å². The van der Waals surface area contributed by atoms with E-state index in [0.717, 1.165) is 19.0 Å². The number of benzene rings is 4. The van der Waals surface area contributed by atoms with E-state index in [4.69, 9.17) is 0 Å². The van der Waals surface area contributed by atoms with E-state index >= 15 is 0 Å². The molecule has 4 aromatic carbocycles. The molecule has 4 aromatic rings. The zero-order chi connectivity index (χ0) is 21.6. The highest BCUT2D eigenvalue weighted by Crippen LogP contribution is 2.44. The molecule has 32 heavy (non-hydrogen) atoms. The van der Waals surface area contributed by atoms with E-state index in [-0.39, 0.29) is 5.54 Å². The number of hydrogen-bond acceptors (Lipinski definition) is 1. The molecule has 0 unspecified atom stereocenters. The fraction of sp³-hybridized carbons (Fsp3) is 0.226. The van der Waals surface area contributed by atoms with E-state index in [9.17, 15) is 0 Å². The van der Waals surface area contributed by atoms with E-state index in [0.29, 0.717) is 0 Å². The van der Waals surface area contributed by atoms with Crippen LogP contribution in [0.15, 0.2) is 121 Å². The van der Waals surface area contributed by atoms with Crippen molar-refractivity contribution in [2.24, 2.45) is 5.92 Å². The largest absolute Gasteiger partial charge is 0.286 e. The van der Waals surface area contributed by atoms with Gasteiger partial charge in [0.2, 0.25) is 0 Å². The average Bonchev–Trinajstić information content (AvgIpc) is 2.88. The summed E-state index contributed by atoms with van der Waals surface area (Å²) in [5, 5.41) is 0. The molecule has 0 saturated carbocycles. The van der Waals surface area contributed by atoms with Crippen LogP contribution in [0.25, 0.3) is 0 Å². The summed E-state index contributed by atoms with van der Waals surface area (Å²) in [7, 11) is 0. The van der Waals surface area contributed by atoms with Crippen LogP contribution in [-0.2, 0) is 12.0 Å². The van der Waals surface area contributed by atoms with Gasteiger partial charge >= 0.3 is 0 Å². The number of rotatable bonds is 6. The van der Waals surface area contributed by atoms with Gasteiger partial charge in [0, 0.05) is 0 Å². The normalized spacial score (nSPS) is 15.5. The zero-order valence-corrected chi connectivity index (χ0v) is 18.6. The molecular formula is C31H31N. The van der Waals surface area contributed by atoms with Gasteiger partial charge < -0.3 is 0 Å². The molecule has 1 saturated heterocycles. The highest BCUT2D eigenvalue weighted by Gasteiger charge is 2.43. The average molecular weight is 418 g/mol. The standard InChI is InChI=1S/C31H31N/c1-5-13-26(14-6-1)25-27-21-23-32(24-22-27)31(28-15-7-2-8-16-28,29-17-9-3-10-18-29)30-19-11-4-12-20-30/h1-20,27H,21-25H2. The molecule has 0 spiro atoms. The smallest absolute Gasteiger partial charge is 0.0972 e. The van der Waals surface area contributed by atoms with Gasteiger partial charge in [-0.25, -0.2) is 0 Å². The minimum Gasteiger partial charge on any atom is -0.286 e. The van der Waals surface area contributed by atoms with Gasteiger partial charge in [-0.05, 0) is 60.5 Å². The summed E-state index contributed by atoms with van der Waals surface area (Å²) in [6, 6.07) is 44.2. The van der Waals surface area contributed by atoms with Crippen LogP contribution < -0.4 is 0 Å². The first-order valence-corrected chi connectivity index (χ1v) is 11.8. The molecule has 1 aliphatic heterocycles. The van der Waals surface area contributed by atoms with E-state index in [1.54, 1.807) is 0 Å². The molecule has 0 bridgehead atoms. The molecule has 1 heterocycles. The summed E-state index contributed by atoms with van der Waals surface area (Å²) >= 11 is 0. The van der Waals surface area contributed by atoms with Crippen LogP contribution in [0.5, 0.6) is 0 Å². The summed E-state index contributed by atoms with van der Waals surface area (Å²) < 4.78 is 0. The van der Waals surface area contributed by atoms with Gasteiger partial charge in [0.25, 0.3) is 0 Å². The Bertz CT molecular complexity index is 986. The lowest BCUT2D eigenvalue weighted by atomic mass is 9.74. The maximum Gasteiger partial charge on any atom is 0.0972 e. The van der Waals surface area contributed by atoms with E-state index < -0.39 is 0 Å². The van der Waals surface area contributed by atoms with Gasteiger partial charge in [-0.1, -0.05) is 121 Å². The van der Waals surface area contributed by atoms with Gasteiger partial charge in [0.15, 0.2) is 0 Å². The van der Waals surface area contributed by atoms with Crippen molar-refractivity contribution in [3.63, 3.8) is 0 Å². The van der Waals surface area contributed by atoms with Crippen LogP contribution in [0.4, 0.5) is 0 Å². The molecule has 1 fully saturated rings. The number of likely N-dealkylation sites (tertiary alicyclic amines) is 1. The number of piperidine rings is 1. The lowest BCUT2D eigenvalue weighted by Gasteiger charge is -2.48. The van der Waals surface area contributed by atoms with Gasteiger partial charge in [-0.15, -0.1) is 0 Å². The molecule has 160 valence electrons. The topological polar surface area (TPSA) is 3.24 Å². The van der Waals surface area contributed by atoms with Crippen molar-refractivity contribution in [1.29, 1.82) is 0 Å². The Morgan fingerprint density at radius 3 is 1.31 bits per heavy atom. The molecule has 0 aliphatic carbocycles. The first-order valence-electron chi connectivity index (χ1n) is 11.8. The Kier molecular flexibility index (Phi) is 6.18. The molecule has 0 amide bonds. The van der Waals surface area contributed by atoms with Gasteiger partial charge in [0.05, 0.1) is 5.54 Å². The second-order valence-electron chi connectivity index (χ2n) is 8.93. The van der Waals surface area contributed by atoms with Crippen LogP contribution >= 0.6 is 0 Å². The third kappa shape index (κ3) is 4.01. The minimum atomic E-state index is -0.276. The Hall–Kier alpha value is -3.16. The van der Waals surface area contributed by atoms with Crippen molar-refractivity contribution in [3.8, 4) is 0 Å². The molecule has 0 N–H and O–H groups in total. The monoisotopic (exact) mass is 417 g/mol. The molecule has 0 radical (unpaired) electrons. The number of hydrogen-bond donors (Lipinski definition) is 0. The maximum atomic E-state index is 2.73. The van der Waals surface area contributed by atoms with Crippen molar-refractivity contribution in [2.45, 2.75) is 24.8 Å². The van der Waals surface area contributed by atoms with Gasteiger partial charge in [0.1, 0.15) is 0 Å². The highest BCUT2D eigenvalue weighted by atomic mass is 15.2. The van der Waals surface area contributed by atoms with E-state index in [1.807, 2.05) is 0 Å². The highest BCUT2D eigenvalue weighted by molar-refractivity contribution is 5.49. The summed E-state index contributed by atoms with van der Waals surface area (Å²) in [4.78, 5) is 2.73. The molecule has 5 rings (SSSR count). The molecule has 0 aromatic heterocycles.